The summed E-state index contributed by atoms with van der Waals surface area (Å²) in [6, 6.07) is 0. The Bertz CT molecular complexity index is 120. The highest BCUT2D eigenvalue weighted by molar-refractivity contribution is 4.85. The van der Waals surface area contributed by atoms with Crippen LogP contribution in [0.3, 0.4) is 0 Å². The second-order valence-electron chi connectivity index (χ2n) is 3.15. The van der Waals surface area contributed by atoms with Gasteiger partial charge in [0.15, 0.2) is 0 Å². The smallest absolute Gasteiger partial charge is 0.107 e. The second kappa shape index (κ2) is 2.51. The Morgan fingerprint density at radius 3 is 2.60 bits per heavy atom. The molecule has 0 spiro atoms. The number of hydrogen-bond acceptors (Lipinski definition) is 2. The average Bonchev–Trinajstić information content (AvgIpc) is 2.70. The summed E-state index contributed by atoms with van der Waals surface area (Å²) >= 11 is 0. The monoisotopic (exact) mass is 142 g/mol. The Morgan fingerprint density at radius 1 is 1.30 bits per heavy atom. The molecular weight excluding hydrogens is 128 g/mol. The molecule has 2 rings (SSSR count). The van der Waals surface area contributed by atoms with Gasteiger partial charge in [-0.15, -0.1) is 0 Å². The summed E-state index contributed by atoms with van der Waals surface area (Å²) in [5.74, 6) is 0. The zero-order valence-corrected chi connectivity index (χ0v) is 6.38. The Balaban J connectivity index is 1.81. The molecule has 2 heterocycles. The summed E-state index contributed by atoms with van der Waals surface area (Å²) in [6.07, 6.45) is 5.02. The fourth-order valence-corrected chi connectivity index (χ4v) is 1.58. The third-order valence-corrected chi connectivity index (χ3v) is 2.37. The van der Waals surface area contributed by atoms with Crippen LogP contribution in [-0.4, -0.2) is 24.9 Å². The number of rotatable bonds is 2. The molecule has 2 aliphatic rings. The lowest BCUT2D eigenvalue weighted by Gasteiger charge is -2.08. The average molecular weight is 142 g/mol. The van der Waals surface area contributed by atoms with E-state index in [1.165, 1.54) is 12.8 Å². The first-order valence-corrected chi connectivity index (χ1v) is 4.17. The summed E-state index contributed by atoms with van der Waals surface area (Å²) in [7, 11) is 0. The van der Waals surface area contributed by atoms with Crippen LogP contribution in [0.25, 0.3) is 0 Å². The van der Waals surface area contributed by atoms with Gasteiger partial charge in [-0.05, 0) is 19.3 Å². The van der Waals surface area contributed by atoms with Crippen LogP contribution >= 0.6 is 0 Å². The first kappa shape index (κ1) is 6.62. The molecule has 2 heteroatoms. The zero-order valence-electron chi connectivity index (χ0n) is 6.38. The van der Waals surface area contributed by atoms with Crippen LogP contribution in [0, 0.1) is 0 Å². The lowest BCUT2D eigenvalue weighted by atomic mass is 10.1. The van der Waals surface area contributed by atoms with Gasteiger partial charge in [-0.2, -0.15) is 0 Å². The van der Waals surface area contributed by atoms with Gasteiger partial charge in [0.1, 0.15) is 6.10 Å². The number of epoxide rings is 1. The van der Waals surface area contributed by atoms with Gasteiger partial charge in [0.2, 0.25) is 0 Å². The van der Waals surface area contributed by atoms with Gasteiger partial charge in [-0.25, -0.2) is 0 Å². The Morgan fingerprint density at radius 2 is 2.10 bits per heavy atom. The molecule has 2 fully saturated rings. The van der Waals surface area contributed by atoms with E-state index in [9.17, 15) is 0 Å². The van der Waals surface area contributed by atoms with Crippen molar-refractivity contribution in [3.05, 3.63) is 0 Å². The molecule has 10 heavy (non-hydrogen) atoms. The van der Waals surface area contributed by atoms with E-state index in [4.69, 9.17) is 9.47 Å². The predicted octanol–water partition coefficient (Wildman–Crippen LogP) is 1.34. The maximum Gasteiger partial charge on any atom is 0.107 e. The lowest BCUT2D eigenvalue weighted by Crippen LogP contribution is -2.15. The van der Waals surface area contributed by atoms with Crippen LogP contribution in [-0.2, 0) is 9.47 Å². The molecule has 58 valence electrons. The molecule has 0 saturated carbocycles. The van der Waals surface area contributed by atoms with E-state index in [1.54, 1.807) is 0 Å². The van der Waals surface area contributed by atoms with Gasteiger partial charge in [-0.1, -0.05) is 6.92 Å². The Kier molecular flexibility index (Phi) is 1.66. The summed E-state index contributed by atoms with van der Waals surface area (Å²) < 4.78 is 10.9. The Labute approximate surface area is 61.5 Å². The Hall–Kier alpha value is -0.0800. The highest BCUT2D eigenvalue weighted by Crippen LogP contribution is 2.30. The summed E-state index contributed by atoms with van der Waals surface area (Å²) in [4.78, 5) is 0. The zero-order chi connectivity index (χ0) is 6.97. The third-order valence-electron chi connectivity index (χ3n) is 2.37. The largest absolute Gasteiger partial charge is 0.372 e. The van der Waals surface area contributed by atoms with E-state index in [0.29, 0.717) is 18.3 Å². The second-order valence-corrected chi connectivity index (χ2v) is 3.15. The molecule has 0 amide bonds. The fourth-order valence-electron chi connectivity index (χ4n) is 1.58. The number of hydrogen-bond donors (Lipinski definition) is 0. The molecule has 0 aromatic carbocycles. The van der Waals surface area contributed by atoms with Crippen molar-refractivity contribution >= 4 is 0 Å². The van der Waals surface area contributed by atoms with Crippen molar-refractivity contribution in [3.8, 4) is 0 Å². The van der Waals surface area contributed by atoms with Crippen molar-refractivity contribution in [2.45, 2.75) is 44.5 Å². The van der Waals surface area contributed by atoms with Crippen molar-refractivity contribution in [1.82, 2.24) is 0 Å². The minimum absolute atomic E-state index is 0.435. The van der Waals surface area contributed by atoms with Gasteiger partial charge in [0.25, 0.3) is 0 Å². The van der Waals surface area contributed by atoms with Crippen LogP contribution in [0.2, 0.25) is 0 Å². The normalized spacial score (nSPS) is 45.9. The van der Waals surface area contributed by atoms with Gasteiger partial charge >= 0.3 is 0 Å². The summed E-state index contributed by atoms with van der Waals surface area (Å²) in [6.45, 7) is 3.11. The summed E-state index contributed by atoms with van der Waals surface area (Å²) in [5, 5.41) is 0. The van der Waals surface area contributed by atoms with E-state index in [2.05, 4.69) is 6.92 Å². The van der Waals surface area contributed by atoms with Gasteiger partial charge in [0, 0.05) is 0 Å². The van der Waals surface area contributed by atoms with E-state index in [1.807, 2.05) is 0 Å². The number of ether oxygens (including phenoxy) is 2. The molecule has 0 aromatic rings. The van der Waals surface area contributed by atoms with Gasteiger partial charge < -0.3 is 9.47 Å². The van der Waals surface area contributed by atoms with Crippen molar-refractivity contribution in [2.75, 3.05) is 6.61 Å². The van der Waals surface area contributed by atoms with Gasteiger partial charge in [-0.3, -0.25) is 0 Å². The van der Waals surface area contributed by atoms with Crippen molar-refractivity contribution in [2.24, 2.45) is 0 Å². The summed E-state index contributed by atoms with van der Waals surface area (Å²) in [5.41, 5.74) is 0. The molecule has 0 bridgehead atoms. The fraction of sp³-hybridized carbons (Fsp3) is 1.00. The molecule has 2 aliphatic heterocycles. The maximum absolute atomic E-state index is 5.71. The maximum atomic E-state index is 5.71. The molecule has 0 aromatic heterocycles. The molecule has 2 saturated heterocycles. The quantitative estimate of drug-likeness (QED) is 0.543. The first-order chi connectivity index (χ1) is 4.90. The van der Waals surface area contributed by atoms with E-state index in [-0.39, 0.29) is 0 Å². The van der Waals surface area contributed by atoms with Crippen LogP contribution < -0.4 is 0 Å². The standard InChI is InChI=1S/C8H14O2/c1-2-6-3-4-7(10-6)8-5-9-8/h6-8H,2-5H2,1H3/t6-,7+,8+/m0/s1. The first-order valence-electron chi connectivity index (χ1n) is 4.17. The van der Waals surface area contributed by atoms with Gasteiger partial charge in [0.05, 0.1) is 18.8 Å². The van der Waals surface area contributed by atoms with E-state index >= 15 is 0 Å². The highest BCUT2D eigenvalue weighted by atomic mass is 16.6. The molecule has 0 aliphatic carbocycles. The molecule has 0 unspecified atom stereocenters. The lowest BCUT2D eigenvalue weighted by molar-refractivity contribution is 0.0275. The van der Waals surface area contributed by atoms with Crippen LogP contribution in [0.4, 0.5) is 0 Å². The molecular formula is C8H14O2. The topological polar surface area (TPSA) is 21.8 Å². The third kappa shape index (κ3) is 1.18. The van der Waals surface area contributed by atoms with Crippen molar-refractivity contribution < 1.29 is 9.47 Å². The van der Waals surface area contributed by atoms with Crippen LogP contribution in [0.5, 0.6) is 0 Å². The highest BCUT2D eigenvalue weighted by Gasteiger charge is 2.38. The van der Waals surface area contributed by atoms with Crippen LogP contribution in [0.15, 0.2) is 0 Å². The van der Waals surface area contributed by atoms with Crippen LogP contribution in [0.1, 0.15) is 26.2 Å². The SMILES string of the molecule is CC[C@H]1CC[C@H]([C@H]2CO2)O1. The molecule has 0 radical (unpaired) electrons. The molecule has 2 nitrogen and oxygen atoms in total. The molecule has 0 N–H and O–H groups in total. The molecule has 3 atom stereocenters. The predicted molar refractivity (Wildman–Crippen MR) is 37.9 cm³/mol. The van der Waals surface area contributed by atoms with E-state index in [0.717, 1.165) is 13.0 Å². The minimum atomic E-state index is 0.435. The van der Waals surface area contributed by atoms with Crippen molar-refractivity contribution in [1.29, 1.82) is 0 Å². The van der Waals surface area contributed by atoms with Crippen molar-refractivity contribution in [3.63, 3.8) is 0 Å². The minimum Gasteiger partial charge on any atom is -0.372 e. The van der Waals surface area contributed by atoms with E-state index < -0.39 is 0 Å².